The van der Waals surface area contributed by atoms with E-state index in [1.165, 1.54) is 0 Å². The Morgan fingerprint density at radius 3 is 2.52 bits per heavy atom. The van der Waals surface area contributed by atoms with E-state index in [0.29, 0.717) is 11.5 Å². The van der Waals surface area contributed by atoms with Gasteiger partial charge in [-0.25, -0.2) is 0 Å². The highest BCUT2D eigenvalue weighted by atomic mass is 16.7. The van der Waals surface area contributed by atoms with Crippen molar-refractivity contribution in [2.24, 2.45) is 0 Å². The van der Waals surface area contributed by atoms with Crippen molar-refractivity contribution in [3.8, 4) is 17.2 Å². The number of likely N-dealkylation sites (N-methyl/N-ethyl adjacent to an activating group) is 1. The normalized spacial score (nSPS) is 28.7. The molecule has 31 heavy (non-hydrogen) atoms. The van der Waals surface area contributed by atoms with Gasteiger partial charge in [-0.05, 0) is 60.8 Å². The summed E-state index contributed by atoms with van der Waals surface area (Å²) in [6.45, 7) is 0.760. The lowest BCUT2D eigenvalue weighted by atomic mass is 9.88. The summed E-state index contributed by atoms with van der Waals surface area (Å²) >= 11 is 0. The number of fused-ring (bicyclic) bond motifs is 1. The molecule has 0 bridgehead atoms. The number of rotatable bonds is 5. The average Bonchev–Trinajstić information content (AvgIpc) is 2.77. The van der Waals surface area contributed by atoms with Crippen LogP contribution >= 0.6 is 0 Å². The Labute approximate surface area is 181 Å². The summed E-state index contributed by atoms with van der Waals surface area (Å²) < 4.78 is 16.8. The highest BCUT2D eigenvalue weighted by molar-refractivity contribution is 5.50. The molecule has 0 radical (unpaired) electrons. The fraction of sp³-hybridized carbons (Fsp3) is 0.478. The molecule has 2 aromatic carbocycles. The van der Waals surface area contributed by atoms with E-state index in [2.05, 4.69) is 11.9 Å². The molecular formula is C23H29NO7. The number of hydrogen-bond acceptors (Lipinski definition) is 8. The monoisotopic (exact) mass is 431 g/mol. The molecule has 1 saturated heterocycles. The van der Waals surface area contributed by atoms with E-state index in [1.807, 2.05) is 24.3 Å². The Morgan fingerprint density at radius 2 is 1.81 bits per heavy atom. The summed E-state index contributed by atoms with van der Waals surface area (Å²) in [6.07, 6.45) is -3.41. The Kier molecular flexibility index (Phi) is 6.36. The molecule has 0 aromatic heterocycles. The number of methoxy groups -OCH3 is 1. The number of aliphatic hydroxyl groups excluding tert-OH is 3. The molecule has 2 aliphatic rings. The number of phenols is 1. The van der Waals surface area contributed by atoms with E-state index in [1.54, 1.807) is 19.2 Å². The van der Waals surface area contributed by atoms with Crippen molar-refractivity contribution in [1.82, 2.24) is 4.90 Å². The zero-order valence-electron chi connectivity index (χ0n) is 17.6. The second kappa shape index (κ2) is 9.02. The fourth-order valence-electron chi connectivity index (χ4n) is 4.22. The lowest BCUT2D eigenvalue weighted by molar-refractivity contribution is -0.242. The first-order valence-electron chi connectivity index (χ1n) is 10.4. The van der Waals surface area contributed by atoms with Crippen LogP contribution in [0.25, 0.3) is 0 Å². The maximum atomic E-state index is 10.3. The Hall–Kier alpha value is -2.36. The molecule has 5 atom stereocenters. The van der Waals surface area contributed by atoms with Crippen LogP contribution in [0.1, 0.15) is 22.7 Å². The minimum atomic E-state index is -1.39. The first-order valence-corrected chi connectivity index (χ1v) is 10.4. The van der Waals surface area contributed by atoms with Gasteiger partial charge in [0.2, 0.25) is 6.29 Å². The fourth-order valence-corrected chi connectivity index (χ4v) is 4.22. The molecule has 4 rings (SSSR count). The maximum Gasteiger partial charge on any atom is 0.229 e. The van der Waals surface area contributed by atoms with Crippen LogP contribution in [-0.2, 0) is 17.6 Å². The molecule has 0 amide bonds. The van der Waals surface area contributed by atoms with Gasteiger partial charge < -0.3 is 34.6 Å². The largest absolute Gasteiger partial charge is 0.508 e. The molecule has 2 heterocycles. The number of benzene rings is 2. The maximum absolute atomic E-state index is 10.3. The first-order chi connectivity index (χ1) is 14.9. The first kappa shape index (κ1) is 21.9. The second-order valence-electron chi connectivity index (χ2n) is 8.19. The van der Waals surface area contributed by atoms with Gasteiger partial charge in [-0.3, -0.25) is 4.90 Å². The lowest BCUT2D eigenvalue weighted by Crippen LogP contribution is -2.54. The molecule has 2 aliphatic heterocycles. The molecule has 168 valence electrons. The van der Waals surface area contributed by atoms with Crippen molar-refractivity contribution >= 4 is 0 Å². The lowest BCUT2D eigenvalue weighted by Gasteiger charge is -2.37. The van der Waals surface area contributed by atoms with Gasteiger partial charge in [-0.2, -0.15) is 0 Å². The number of hydrogen-bond donors (Lipinski definition) is 4. The van der Waals surface area contributed by atoms with Crippen LogP contribution in [0, 0.1) is 0 Å². The van der Waals surface area contributed by atoms with E-state index in [0.717, 1.165) is 36.1 Å². The van der Waals surface area contributed by atoms with Crippen molar-refractivity contribution in [3.05, 3.63) is 53.1 Å². The standard InChI is InChI=1S/C23H29NO7/c1-24-8-7-14-10-19(29-2)20(31-23-22(28)21(27)18(26)12-30-23)11-16(14)17(24)9-13-3-5-15(25)6-4-13/h3-6,10-11,17-18,21-23,25-28H,7-9,12H2,1-2H3/t17-,18-,21+,22-,23+/m0/s1. The molecule has 0 aliphatic carbocycles. The molecule has 0 spiro atoms. The molecule has 1 fully saturated rings. The van der Waals surface area contributed by atoms with Crippen LogP contribution in [0.15, 0.2) is 36.4 Å². The van der Waals surface area contributed by atoms with Gasteiger partial charge >= 0.3 is 0 Å². The van der Waals surface area contributed by atoms with E-state index in [4.69, 9.17) is 14.2 Å². The van der Waals surface area contributed by atoms with Gasteiger partial charge in [0.05, 0.1) is 13.7 Å². The van der Waals surface area contributed by atoms with Gasteiger partial charge in [-0.1, -0.05) is 12.1 Å². The number of phenolic OH excluding ortho intramolecular Hbond substituents is 1. The molecule has 0 unspecified atom stereocenters. The van der Waals surface area contributed by atoms with Crippen LogP contribution in [0.4, 0.5) is 0 Å². The third kappa shape index (κ3) is 4.49. The van der Waals surface area contributed by atoms with Crippen LogP contribution in [0.2, 0.25) is 0 Å². The zero-order valence-corrected chi connectivity index (χ0v) is 17.6. The summed E-state index contributed by atoms with van der Waals surface area (Å²) in [5.74, 6) is 1.16. The smallest absolute Gasteiger partial charge is 0.229 e. The number of aliphatic hydroxyl groups is 3. The highest BCUT2D eigenvalue weighted by Crippen LogP contribution is 2.40. The molecule has 0 saturated carbocycles. The third-order valence-corrected chi connectivity index (χ3v) is 6.11. The van der Waals surface area contributed by atoms with E-state index in [-0.39, 0.29) is 18.4 Å². The minimum Gasteiger partial charge on any atom is -0.508 e. The summed E-state index contributed by atoms with van der Waals surface area (Å²) in [6, 6.07) is 11.1. The molecule has 8 heteroatoms. The average molecular weight is 431 g/mol. The van der Waals surface area contributed by atoms with Crippen molar-refractivity contribution in [3.63, 3.8) is 0 Å². The highest BCUT2D eigenvalue weighted by Gasteiger charge is 2.39. The van der Waals surface area contributed by atoms with Gasteiger partial charge in [0, 0.05) is 12.6 Å². The predicted molar refractivity (Wildman–Crippen MR) is 112 cm³/mol. The molecule has 2 aromatic rings. The zero-order chi connectivity index (χ0) is 22.1. The Balaban J connectivity index is 1.63. The van der Waals surface area contributed by atoms with Crippen molar-refractivity contribution in [2.45, 2.75) is 43.5 Å². The summed E-state index contributed by atoms with van der Waals surface area (Å²) in [5.41, 5.74) is 3.35. The topological polar surface area (TPSA) is 112 Å². The molecular weight excluding hydrogens is 402 g/mol. The van der Waals surface area contributed by atoms with Crippen LogP contribution < -0.4 is 9.47 Å². The summed E-state index contributed by atoms with van der Waals surface area (Å²) in [5, 5.41) is 39.5. The van der Waals surface area contributed by atoms with E-state index < -0.39 is 24.6 Å². The van der Waals surface area contributed by atoms with Gasteiger partial charge in [0.15, 0.2) is 11.5 Å². The number of ether oxygens (including phenoxy) is 3. The van der Waals surface area contributed by atoms with Crippen molar-refractivity contribution in [2.75, 3.05) is 27.3 Å². The Morgan fingerprint density at radius 1 is 1.06 bits per heavy atom. The predicted octanol–water partition coefficient (Wildman–Crippen LogP) is 0.990. The van der Waals surface area contributed by atoms with Gasteiger partial charge in [-0.15, -0.1) is 0 Å². The molecule has 4 N–H and O–H groups in total. The van der Waals surface area contributed by atoms with Gasteiger partial charge in [0.1, 0.15) is 24.1 Å². The van der Waals surface area contributed by atoms with Crippen molar-refractivity contribution in [1.29, 1.82) is 0 Å². The Bertz CT molecular complexity index is 904. The van der Waals surface area contributed by atoms with Crippen LogP contribution in [0.5, 0.6) is 17.2 Å². The van der Waals surface area contributed by atoms with Gasteiger partial charge in [0.25, 0.3) is 0 Å². The quantitative estimate of drug-likeness (QED) is 0.555. The number of nitrogens with zero attached hydrogens (tertiary/aromatic N) is 1. The number of aromatic hydroxyl groups is 1. The van der Waals surface area contributed by atoms with E-state index in [9.17, 15) is 20.4 Å². The minimum absolute atomic E-state index is 0.0890. The van der Waals surface area contributed by atoms with Crippen LogP contribution in [0.3, 0.4) is 0 Å². The third-order valence-electron chi connectivity index (χ3n) is 6.11. The SMILES string of the molecule is COc1cc2c(cc1O[C@H]1OC[C@H](O)[C@@H](O)[C@@H]1O)[C@H](Cc1ccc(O)cc1)N(C)CC2. The van der Waals surface area contributed by atoms with Crippen molar-refractivity contribution < 1.29 is 34.6 Å². The summed E-state index contributed by atoms with van der Waals surface area (Å²) in [7, 11) is 3.62. The summed E-state index contributed by atoms with van der Waals surface area (Å²) in [4.78, 5) is 2.28. The second-order valence-corrected chi connectivity index (χ2v) is 8.19. The van der Waals surface area contributed by atoms with Crippen LogP contribution in [-0.4, -0.2) is 77.2 Å². The molecule has 8 nitrogen and oxygen atoms in total. The van der Waals surface area contributed by atoms with E-state index >= 15 is 0 Å².